The van der Waals surface area contributed by atoms with Crippen molar-refractivity contribution in [3.8, 4) is 11.6 Å². The molecule has 3 aromatic heterocycles. The summed E-state index contributed by atoms with van der Waals surface area (Å²) in [7, 11) is 0. The Morgan fingerprint density at radius 2 is 2.19 bits per heavy atom. The van der Waals surface area contributed by atoms with Gasteiger partial charge in [0.25, 0.3) is 5.91 Å². The Balaban J connectivity index is 1.49. The quantitative estimate of drug-likeness (QED) is 0.785. The average molecular weight is 349 g/mol. The van der Waals surface area contributed by atoms with Gasteiger partial charge >= 0.3 is 0 Å². The zero-order valence-corrected chi connectivity index (χ0v) is 14.3. The topological polar surface area (TPSA) is 87.9 Å². The molecule has 26 heavy (non-hydrogen) atoms. The van der Waals surface area contributed by atoms with E-state index in [2.05, 4.69) is 19.9 Å². The van der Waals surface area contributed by atoms with Crippen LogP contribution in [-0.2, 0) is 13.0 Å². The smallest absolute Gasteiger partial charge is 0.291 e. The van der Waals surface area contributed by atoms with E-state index in [1.807, 2.05) is 23.1 Å². The van der Waals surface area contributed by atoms with Crippen LogP contribution in [0.5, 0.6) is 0 Å². The number of fused-ring (bicyclic) bond motifs is 1. The maximum absolute atomic E-state index is 13.2. The van der Waals surface area contributed by atoms with E-state index in [-0.39, 0.29) is 5.91 Å². The number of imidazole rings is 1. The van der Waals surface area contributed by atoms with E-state index in [9.17, 15) is 4.79 Å². The number of hydrogen-bond acceptors (Lipinski definition) is 5. The van der Waals surface area contributed by atoms with Crippen molar-refractivity contribution in [3.63, 3.8) is 0 Å². The van der Waals surface area contributed by atoms with E-state index in [4.69, 9.17) is 4.42 Å². The molecule has 0 saturated heterocycles. The highest BCUT2D eigenvalue weighted by atomic mass is 16.4. The first-order valence-electron chi connectivity index (χ1n) is 9.02. The number of carbonyl (C=O) groups excluding carboxylic acids is 1. The summed E-state index contributed by atoms with van der Waals surface area (Å²) in [6.45, 7) is 1.21. The maximum atomic E-state index is 13.2. The van der Waals surface area contributed by atoms with Crippen molar-refractivity contribution >= 4 is 5.91 Å². The molecular formula is C19H19N5O2. The first-order valence-corrected chi connectivity index (χ1v) is 9.02. The SMILES string of the molecule is O=C(c1oc(-c2ccccn2)nc1C1CC1)N1CCCc2nc[nH]c2C1. The fourth-order valence-corrected chi connectivity index (χ4v) is 3.44. The molecule has 0 aromatic carbocycles. The highest BCUT2D eigenvalue weighted by Crippen LogP contribution is 2.42. The van der Waals surface area contributed by atoms with Crippen molar-refractivity contribution < 1.29 is 9.21 Å². The third-order valence-electron chi connectivity index (χ3n) is 4.98. The number of carbonyl (C=O) groups is 1. The number of nitrogens with zero attached hydrogens (tertiary/aromatic N) is 4. The molecule has 0 radical (unpaired) electrons. The van der Waals surface area contributed by atoms with Gasteiger partial charge < -0.3 is 14.3 Å². The van der Waals surface area contributed by atoms with Crippen molar-refractivity contribution in [2.24, 2.45) is 0 Å². The van der Waals surface area contributed by atoms with Crippen LogP contribution >= 0.6 is 0 Å². The Bertz CT molecular complexity index is 942. The molecule has 0 unspecified atom stereocenters. The molecule has 1 aliphatic carbocycles. The number of aryl methyl sites for hydroxylation is 1. The highest BCUT2D eigenvalue weighted by molar-refractivity contribution is 5.93. The van der Waals surface area contributed by atoms with Crippen LogP contribution in [0.15, 0.2) is 35.1 Å². The van der Waals surface area contributed by atoms with E-state index < -0.39 is 0 Å². The second kappa shape index (κ2) is 6.09. The van der Waals surface area contributed by atoms with Gasteiger partial charge in [-0.1, -0.05) is 6.07 Å². The minimum Gasteiger partial charge on any atom is -0.429 e. The van der Waals surface area contributed by atoms with Crippen molar-refractivity contribution in [1.82, 2.24) is 24.8 Å². The zero-order valence-electron chi connectivity index (χ0n) is 14.3. The van der Waals surface area contributed by atoms with Gasteiger partial charge in [0, 0.05) is 18.7 Å². The lowest BCUT2D eigenvalue weighted by atomic mass is 10.2. The average Bonchev–Trinajstić information content (AvgIpc) is 3.34. The molecule has 1 amide bonds. The second-order valence-corrected chi connectivity index (χ2v) is 6.88. The van der Waals surface area contributed by atoms with Crippen molar-refractivity contribution in [3.05, 3.63) is 53.6 Å². The molecule has 1 saturated carbocycles. The van der Waals surface area contributed by atoms with E-state index in [1.165, 1.54) is 0 Å². The molecular weight excluding hydrogens is 330 g/mol. The minimum atomic E-state index is -0.0935. The molecule has 1 fully saturated rings. The van der Waals surface area contributed by atoms with Crippen LogP contribution in [0.4, 0.5) is 0 Å². The van der Waals surface area contributed by atoms with Crippen LogP contribution in [0.3, 0.4) is 0 Å². The van der Waals surface area contributed by atoms with Gasteiger partial charge in [0.1, 0.15) is 5.69 Å². The number of hydrogen-bond donors (Lipinski definition) is 1. The van der Waals surface area contributed by atoms with Crippen LogP contribution in [-0.4, -0.2) is 37.3 Å². The summed E-state index contributed by atoms with van der Waals surface area (Å²) in [4.78, 5) is 31.5. The molecule has 132 valence electrons. The number of H-pyrrole nitrogens is 1. The second-order valence-electron chi connectivity index (χ2n) is 6.88. The third-order valence-corrected chi connectivity index (χ3v) is 4.98. The maximum Gasteiger partial charge on any atom is 0.291 e. The van der Waals surface area contributed by atoms with Gasteiger partial charge in [-0.2, -0.15) is 0 Å². The Morgan fingerprint density at radius 3 is 3.00 bits per heavy atom. The Morgan fingerprint density at radius 1 is 1.27 bits per heavy atom. The fourth-order valence-electron chi connectivity index (χ4n) is 3.44. The van der Waals surface area contributed by atoms with Gasteiger partial charge in [0.05, 0.1) is 30.0 Å². The van der Waals surface area contributed by atoms with Gasteiger partial charge in [-0.15, -0.1) is 0 Å². The molecule has 4 heterocycles. The molecule has 0 atom stereocenters. The van der Waals surface area contributed by atoms with Crippen LogP contribution in [0.2, 0.25) is 0 Å². The lowest BCUT2D eigenvalue weighted by Gasteiger charge is -2.19. The lowest BCUT2D eigenvalue weighted by molar-refractivity contribution is 0.0711. The van der Waals surface area contributed by atoms with Crippen LogP contribution in [0, 0.1) is 0 Å². The number of aromatic amines is 1. The van der Waals surface area contributed by atoms with Crippen LogP contribution < -0.4 is 0 Å². The van der Waals surface area contributed by atoms with Crippen LogP contribution in [0.25, 0.3) is 11.6 Å². The monoisotopic (exact) mass is 349 g/mol. The summed E-state index contributed by atoms with van der Waals surface area (Å²) in [6.07, 6.45) is 7.28. The summed E-state index contributed by atoms with van der Waals surface area (Å²) in [5, 5.41) is 0. The third kappa shape index (κ3) is 2.69. The molecule has 0 bridgehead atoms. The Labute approximate surface area is 150 Å². The molecule has 2 aliphatic rings. The molecule has 1 aliphatic heterocycles. The molecule has 3 aromatic rings. The molecule has 7 heteroatoms. The molecule has 7 nitrogen and oxygen atoms in total. The Hall–Kier alpha value is -2.96. The Kier molecular flexibility index (Phi) is 3.58. The number of nitrogens with one attached hydrogen (secondary N) is 1. The summed E-state index contributed by atoms with van der Waals surface area (Å²) in [6, 6.07) is 5.58. The summed E-state index contributed by atoms with van der Waals surface area (Å²) >= 11 is 0. The summed E-state index contributed by atoms with van der Waals surface area (Å²) in [5.74, 6) is 1.03. The van der Waals surface area contributed by atoms with Crippen molar-refractivity contribution in [1.29, 1.82) is 0 Å². The van der Waals surface area contributed by atoms with E-state index >= 15 is 0 Å². The number of rotatable bonds is 3. The molecule has 5 rings (SSSR count). The number of aromatic nitrogens is 4. The normalized spacial score (nSPS) is 17.0. The summed E-state index contributed by atoms with van der Waals surface area (Å²) < 4.78 is 5.94. The molecule has 0 spiro atoms. The minimum absolute atomic E-state index is 0.0935. The predicted molar refractivity (Wildman–Crippen MR) is 93.4 cm³/mol. The first kappa shape index (κ1) is 15.3. The number of pyridine rings is 1. The van der Waals surface area contributed by atoms with Gasteiger partial charge in [-0.25, -0.2) is 9.97 Å². The van der Waals surface area contributed by atoms with Gasteiger partial charge in [0.2, 0.25) is 11.7 Å². The van der Waals surface area contributed by atoms with Crippen molar-refractivity contribution in [2.75, 3.05) is 6.54 Å². The van der Waals surface area contributed by atoms with Gasteiger partial charge in [0.15, 0.2) is 0 Å². The lowest BCUT2D eigenvalue weighted by Crippen LogP contribution is -2.31. The summed E-state index contributed by atoms with van der Waals surface area (Å²) in [5.41, 5.74) is 3.49. The van der Waals surface area contributed by atoms with E-state index in [0.717, 1.165) is 42.8 Å². The highest BCUT2D eigenvalue weighted by Gasteiger charge is 2.36. The molecule has 1 N–H and O–H groups in total. The predicted octanol–water partition coefficient (Wildman–Crippen LogP) is 2.93. The number of oxazole rings is 1. The largest absolute Gasteiger partial charge is 0.429 e. The van der Waals surface area contributed by atoms with Crippen LogP contribution in [0.1, 0.15) is 52.8 Å². The van der Waals surface area contributed by atoms with Crippen molar-refractivity contribution in [2.45, 2.75) is 38.1 Å². The zero-order chi connectivity index (χ0) is 17.5. The van der Waals surface area contributed by atoms with E-state index in [0.29, 0.717) is 36.4 Å². The first-order chi connectivity index (χ1) is 12.8. The fraction of sp³-hybridized carbons (Fsp3) is 0.368. The van der Waals surface area contributed by atoms with Gasteiger partial charge in [-0.3, -0.25) is 9.78 Å². The number of amides is 1. The van der Waals surface area contributed by atoms with Gasteiger partial charge in [-0.05, 0) is 37.8 Å². The van der Waals surface area contributed by atoms with E-state index in [1.54, 1.807) is 12.5 Å². The standard InChI is InChI=1S/C19H19N5O2/c25-19(24-9-3-5-13-15(10-24)22-11-21-13)17-16(12-6-7-12)23-18(26-17)14-4-1-2-8-20-14/h1-2,4,8,11-12H,3,5-7,9-10H2,(H,21,22).